The molecule has 104 valence electrons. The maximum atomic E-state index is 13.6. The monoisotopic (exact) mass is 284 g/mol. The normalized spacial score (nSPS) is 10.6. The smallest absolute Gasteiger partial charge is 0.199 e. The van der Waals surface area contributed by atoms with Crippen molar-refractivity contribution in [1.29, 1.82) is 0 Å². The Morgan fingerprint density at radius 1 is 1.05 bits per heavy atom. The summed E-state index contributed by atoms with van der Waals surface area (Å²) in [6.07, 6.45) is 2.87. The maximum Gasteiger partial charge on any atom is 0.199 e. The molecule has 3 nitrogen and oxygen atoms in total. The molecule has 0 aliphatic rings. The largest absolute Gasteiger partial charge is 0.288 e. The maximum absolute atomic E-state index is 13.6. The van der Waals surface area contributed by atoms with Crippen LogP contribution in [0.3, 0.4) is 0 Å². The molecule has 0 fully saturated rings. The van der Waals surface area contributed by atoms with Crippen molar-refractivity contribution in [2.24, 2.45) is 0 Å². The second-order valence-electron chi connectivity index (χ2n) is 4.46. The van der Waals surface area contributed by atoms with Gasteiger partial charge in [0.05, 0.1) is 23.0 Å². The first-order chi connectivity index (χ1) is 10.1. The summed E-state index contributed by atoms with van der Waals surface area (Å²) in [6.45, 7) is 0. The molecular formula is C16H10F2N2O. The molecule has 3 aromatic rings. The fourth-order valence-corrected chi connectivity index (χ4v) is 1.99. The van der Waals surface area contributed by atoms with Crippen molar-refractivity contribution < 1.29 is 13.6 Å². The first-order valence-electron chi connectivity index (χ1n) is 6.25. The molecule has 0 saturated carbocycles. The Balaban J connectivity index is 1.94. The van der Waals surface area contributed by atoms with Crippen LogP contribution >= 0.6 is 0 Å². The van der Waals surface area contributed by atoms with Gasteiger partial charge in [0.25, 0.3) is 0 Å². The number of halogens is 2. The lowest BCUT2D eigenvalue weighted by Gasteiger charge is -2.01. The second-order valence-corrected chi connectivity index (χ2v) is 4.46. The van der Waals surface area contributed by atoms with E-state index in [1.807, 2.05) is 30.3 Å². The molecular weight excluding hydrogens is 274 g/mol. The third-order valence-corrected chi connectivity index (χ3v) is 3.04. The third-order valence-electron chi connectivity index (χ3n) is 3.04. The first-order valence-corrected chi connectivity index (χ1v) is 6.25. The van der Waals surface area contributed by atoms with E-state index >= 15 is 0 Å². The van der Waals surface area contributed by atoms with Crippen molar-refractivity contribution in [3.8, 4) is 5.69 Å². The van der Waals surface area contributed by atoms with E-state index in [0.717, 1.165) is 17.8 Å². The molecule has 1 aromatic heterocycles. The van der Waals surface area contributed by atoms with Gasteiger partial charge in [0.1, 0.15) is 11.6 Å². The third kappa shape index (κ3) is 2.58. The highest BCUT2D eigenvalue weighted by Crippen LogP contribution is 2.16. The minimum absolute atomic E-state index is 0.177. The number of rotatable bonds is 3. The molecule has 0 N–H and O–H groups in total. The van der Waals surface area contributed by atoms with Crippen LogP contribution in [0.2, 0.25) is 0 Å². The zero-order valence-corrected chi connectivity index (χ0v) is 10.8. The van der Waals surface area contributed by atoms with E-state index < -0.39 is 17.4 Å². The Morgan fingerprint density at radius 2 is 1.81 bits per heavy atom. The van der Waals surface area contributed by atoms with Crippen LogP contribution in [-0.2, 0) is 0 Å². The fraction of sp³-hybridized carbons (Fsp3) is 0. The number of carbonyl (C=O) groups is 1. The summed E-state index contributed by atoms with van der Waals surface area (Å²) in [4.78, 5) is 12.2. The van der Waals surface area contributed by atoms with Crippen LogP contribution in [0.15, 0.2) is 60.9 Å². The molecule has 0 atom stereocenters. The fourth-order valence-electron chi connectivity index (χ4n) is 1.99. The van der Waals surface area contributed by atoms with E-state index in [4.69, 9.17) is 0 Å². The van der Waals surface area contributed by atoms with Crippen molar-refractivity contribution >= 4 is 5.78 Å². The standard InChI is InChI=1S/C16H10F2N2O/c17-12-6-7-14(15(18)8-12)16(21)11-9-19-20(10-11)13-4-2-1-3-5-13/h1-10H. The molecule has 0 aliphatic carbocycles. The molecule has 2 aromatic carbocycles. The average molecular weight is 284 g/mol. The zero-order valence-electron chi connectivity index (χ0n) is 10.8. The number of aromatic nitrogens is 2. The van der Waals surface area contributed by atoms with E-state index in [0.29, 0.717) is 6.07 Å². The van der Waals surface area contributed by atoms with Gasteiger partial charge in [0.2, 0.25) is 0 Å². The lowest BCUT2D eigenvalue weighted by Crippen LogP contribution is -2.03. The lowest BCUT2D eigenvalue weighted by molar-refractivity contribution is 0.103. The number of ketones is 1. The Morgan fingerprint density at radius 3 is 2.52 bits per heavy atom. The molecule has 0 aliphatic heterocycles. The predicted octanol–water partition coefficient (Wildman–Crippen LogP) is 3.38. The molecule has 0 radical (unpaired) electrons. The highest BCUT2D eigenvalue weighted by Gasteiger charge is 2.16. The van der Waals surface area contributed by atoms with Crippen LogP contribution < -0.4 is 0 Å². The summed E-state index contributed by atoms with van der Waals surface area (Å²) in [5.74, 6) is -2.13. The van der Waals surface area contributed by atoms with Crippen LogP contribution in [0, 0.1) is 11.6 Å². The Labute approximate surface area is 119 Å². The summed E-state index contributed by atoms with van der Waals surface area (Å²) < 4.78 is 28.0. The number of benzene rings is 2. The second kappa shape index (κ2) is 5.28. The van der Waals surface area contributed by atoms with Gasteiger partial charge in [-0.3, -0.25) is 4.79 Å². The van der Waals surface area contributed by atoms with E-state index in [-0.39, 0.29) is 11.1 Å². The van der Waals surface area contributed by atoms with Crippen molar-refractivity contribution in [3.05, 3.63) is 83.7 Å². The van der Waals surface area contributed by atoms with Crippen LogP contribution in [0.5, 0.6) is 0 Å². The van der Waals surface area contributed by atoms with Crippen molar-refractivity contribution in [2.45, 2.75) is 0 Å². The lowest BCUT2D eigenvalue weighted by atomic mass is 10.1. The van der Waals surface area contributed by atoms with E-state index in [1.54, 1.807) is 0 Å². The van der Waals surface area contributed by atoms with Gasteiger partial charge in [-0.25, -0.2) is 13.5 Å². The van der Waals surface area contributed by atoms with Gasteiger partial charge in [-0.05, 0) is 24.3 Å². The van der Waals surface area contributed by atoms with Crippen molar-refractivity contribution in [2.75, 3.05) is 0 Å². The van der Waals surface area contributed by atoms with Crippen LogP contribution in [0.25, 0.3) is 5.69 Å². The van der Waals surface area contributed by atoms with Gasteiger partial charge in [0, 0.05) is 12.3 Å². The Kier molecular flexibility index (Phi) is 3.31. The number of para-hydroxylation sites is 1. The molecule has 3 rings (SSSR count). The van der Waals surface area contributed by atoms with Crippen LogP contribution in [0.4, 0.5) is 8.78 Å². The quantitative estimate of drug-likeness (QED) is 0.691. The Hall–Kier alpha value is -2.82. The van der Waals surface area contributed by atoms with E-state index in [2.05, 4.69) is 5.10 Å². The summed E-state index contributed by atoms with van der Waals surface area (Å²) in [6, 6.07) is 12.1. The average Bonchev–Trinajstić information content (AvgIpc) is 2.97. The van der Waals surface area contributed by atoms with Crippen molar-refractivity contribution in [1.82, 2.24) is 9.78 Å². The van der Waals surface area contributed by atoms with Gasteiger partial charge < -0.3 is 0 Å². The van der Waals surface area contributed by atoms with Gasteiger partial charge in [-0.15, -0.1) is 0 Å². The van der Waals surface area contributed by atoms with Gasteiger partial charge in [-0.2, -0.15) is 5.10 Å². The summed E-state index contributed by atoms with van der Waals surface area (Å²) in [5.41, 5.74) is 0.851. The molecule has 0 bridgehead atoms. The van der Waals surface area contributed by atoms with E-state index in [1.165, 1.54) is 17.1 Å². The first kappa shape index (κ1) is 13.2. The summed E-state index contributed by atoms with van der Waals surface area (Å²) in [7, 11) is 0. The molecule has 0 spiro atoms. The van der Waals surface area contributed by atoms with Gasteiger partial charge in [0.15, 0.2) is 5.78 Å². The number of hydrogen-bond donors (Lipinski definition) is 0. The minimum atomic E-state index is -0.882. The number of hydrogen-bond acceptors (Lipinski definition) is 2. The molecule has 0 unspecified atom stereocenters. The minimum Gasteiger partial charge on any atom is -0.288 e. The summed E-state index contributed by atoms with van der Waals surface area (Å²) in [5, 5.41) is 4.08. The highest BCUT2D eigenvalue weighted by atomic mass is 19.1. The number of nitrogens with zero attached hydrogens (tertiary/aromatic N) is 2. The Bertz CT molecular complexity index is 797. The van der Waals surface area contributed by atoms with Gasteiger partial charge >= 0.3 is 0 Å². The van der Waals surface area contributed by atoms with Crippen LogP contribution in [0.1, 0.15) is 15.9 Å². The topological polar surface area (TPSA) is 34.9 Å². The van der Waals surface area contributed by atoms with Crippen molar-refractivity contribution in [3.63, 3.8) is 0 Å². The van der Waals surface area contributed by atoms with E-state index in [9.17, 15) is 13.6 Å². The van der Waals surface area contributed by atoms with Crippen LogP contribution in [-0.4, -0.2) is 15.6 Å². The van der Waals surface area contributed by atoms with Gasteiger partial charge in [-0.1, -0.05) is 18.2 Å². The SMILES string of the molecule is O=C(c1cnn(-c2ccccc2)c1)c1ccc(F)cc1F. The molecule has 0 amide bonds. The zero-order chi connectivity index (χ0) is 14.8. The number of carbonyl (C=O) groups excluding carboxylic acids is 1. The summed E-state index contributed by atoms with van der Waals surface area (Å²) >= 11 is 0. The molecule has 1 heterocycles. The molecule has 21 heavy (non-hydrogen) atoms. The molecule has 0 saturated heterocycles. The molecule has 5 heteroatoms. The predicted molar refractivity (Wildman–Crippen MR) is 73.4 cm³/mol. The highest BCUT2D eigenvalue weighted by molar-refractivity contribution is 6.08.